The third kappa shape index (κ3) is 6.60. The number of nitrogens with one attached hydrogen (secondary N) is 2. The van der Waals surface area contributed by atoms with Gasteiger partial charge in [-0.15, -0.1) is 16.9 Å². The molecule has 3 atom stereocenters. The molecule has 1 fully saturated rings. The quantitative estimate of drug-likeness (QED) is 0.154. The molecule has 1 aromatic carbocycles. The number of hydrogen-bond donors (Lipinski definition) is 5. The number of benzene rings is 1. The molecule has 0 unspecified atom stereocenters. The van der Waals surface area contributed by atoms with Crippen LogP contribution in [0.15, 0.2) is 40.7 Å². The summed E-state index contributed by atoms with van der Waals surface area (Å²) in [5.74, 6) is -3.02. The molecule has 0 aliphatic carbocycles. The molecule has 2 aromatic rings. The van der Waals surface area contributed by atoms with Crippen molar-refractivity contribution < 1.29 is 34.2 Å². The zero-order valence-electron chi connectivity index (χ0n) is 21.1. The number of carbonyl (C=O) groups excluding carboxylic acids is 3. The number of nitrogens with zero attached hydrogens (tertiary/aromatic N) is 5. The van der Waals surface area contributed by atoms with E-state index >= 15 is 0 Å². The molecule has 2 aliphatic rings. The fourth-order valence-electron chi connectivity index (χ4n) is 4.04. The van der Waals surface area contributed by atoms with Gasteiger partial charge >= 0.3 is 11.9 Å². The lowest BCUT2D eigenvalue weighted by Crippen LogP contribution is -2.70. The number of β-lactam (4-membered cyclic amide) rings is 1. The van der Waals surface area contributed by atoms with Gasteiger partial charge in [-0.3, -0.25) is 24.1 Å². The van der Waals surface area contributed by atoms with E-state index in [4.69, 9.17) is 10.8 Å². The van der Waals surface area contributed by atoms with E-state index in [2.05, 4.69) is 26.2 Å². The van der Waals surface area contributed by atoms with Gasteiger partial charge < -0.3 is 26.6 Å². The Morgan fingerprint density at radius 1 is 1.20 bits per heavy atom. The molecule has 0 bridgehead atoms. The third-order valence-electron chi connectivity index (χ3n) is 6.13. The van der Waals surface area contributed by atoms with Crippen LogP contribution in [0.3, 0.4) is 0 Å². The molecule has 0 radical (unpaired) electrons. The van der Waals surface area contributed by atoms with E-state index < -0.39 is 41.2 Å². The van der Waals surface area contributed by atoms with Crippen molar-refractivity contribution in [2.45, 2.75) is 41.9 Å². The first-order valence-corrected chi connectivity index (χ1v) is 14.0. The van der Waals surface area contributed by atoms with Gasteiger partial charge in [0.2, 0.25) is 17.0 Å². The number of hydrogen-bond acceptors (Lipinski definition) is 11. The van der Waals surface area contributed by atoms with Crippen LogP contribution in [0.5, 0.6) is 0 Å². The van der Waals surface area contributed by atoms with Gasteiger partial charge in [-0.05, 0) is 40.1 Å². The molecular formula is C23H26N8O7S2. The molecule has 6 N–H and O–H groups in total. The number of aliphatic carboxylic acids is 2. The topological polar surface area (TPSA) is 223 Å². The van der Waals surface area contributed by atoms with Crippen molar-refractivity contribution in [3.63, 3.8) is 0 Å². The van der Waals surface area contributed by atoms with Crippen LogP contribution in [-0.2, 0) is 37.4 Å². The molecule has 3 amide bonds. The number of rotatable bonds is 12. The Morgan fingerprint density at radius 3 is 2.55 bits per heavy atom. The van der Waals surface area contributed by atoms with Crippen molar-refractivity contribution in [2.75, 3.05) is 16.8 Å². The van der Waals surface area contributed by atoms with E-state index in [1.807, 2.05) is 0 Å². The van der Waals surface area contributed by atoms with Gasteiger partial charge in [0.1, 0.15) is 23.2 Å². The lowest BCUT2D eigenvalue weighted by molar-refractivity contribution is -0.150. The Hall–Kier alpha value is -3.96. The Kier molecular flexibility index (Phi) is 9.06. The molecule has 212 valence electrons. The highest BCUT2D eigenvalue weighted by molar-refractivity contribution is 8.01. The van der Waals surface area contributed by atoms with Gasteiger partial charge in [-0.2, -0.15) is 0 Å². The number of fused-ring (bicyclic) bond motifs is 1. The summed E-state index contributed by atoms with van der Waals surface area (Å²) < 4.78 is 1.47. The predicted octanol–water partition coefficient (Wildman–Crippen LogP) is -0.586. The maximum Gasteiger partial charge on any atom is 0.352 e. The number of thioether (sulfide) groups is 2. The number of anilines is 1. The molecule has 15 nitrogen and oxygen atoms in total. The number of aromatic nitrogens is 4. The zero-order valence-corrected chi connectivity index (χ0v) is 22.8. The summed E-state index contributed by atoms with van der Waals surface area (Å²) in [7, 11) is 1.67. The average molecular weight is 591 g/mol. The smallest absolute Gasteiger partial charge is 0.352 e. The van der Waals surface area contributed by atoms with Crippen molar-refractivity contribution in [1.29, 1.82) is 0 Å². The fraction of sp³-hybridized carbons (Fsp3) is 0.391. The number of carboxylic acid groups (broad SMARTS) is 2. The molecule has 1 aromatic heterocycles. The molecule has 40 heavy (non-hydrogen) atoms. The second-order valence-electron chi connectivity index (χ2n) is 8.99. The molecular weight excluding hydrogens is 564 g/mol. The van der Waals surface area contributed by atoms with Gasteiger partial charge in [0.25, 0.3) is 5.91 Å². The molecule has 2 aliphatic heterocycles. The second kappa shape index (κ2) is 12.5. The molecule has 4 rings (SSSR count). The molecule has 0 saturated carbocycles. The Morgan fingerprint density at radius 2 is 1.93 bits per heavy atom. The molecule has 0 spiro atoms. The first kappa shape index (κ1) is 29.0. The van der Waals surface area contributed by atoms with Crippen molar-refractivity contribution in [3.8, 4) is 0 Å². The van der Waals surface area contributed by atoms with E-state index in [1.54, 1.807) is 31.3 Å². The first-order chi connectivity index (χ1) is 19.0. The summed E-state index contributed by atoms with van der Waals surface area (Å²) in [4.78, 5) is 61.5. The number of tetrazole rings is 1. The lowest BCUT2D eigenvalue weighted by Gasteiger charge is -2.49. The molecule has 1 saturated heterocycles. The number of carbonyl (C=O) groups is 5. The summed E-state index contributed by atoms with van der Waals surface area (Å²) in [5, 5.41) is 35.1. The van der Waals surface area contributed by atoms with Crippen molar-refractivity contribution in [1.82, 2.24) is 30.4 Å². The maximum atomic E-state index is 12.9. The lowest BCUT2D eigenvalue weighted by atomic mass is 10.0. The summed E-state index contributed by atoms with van der Waals surface area (Å²) >= 11 is 2.64. The van der Waals surface area contributed by atoms with Crippen LogP contribution in [0.1, 0.15) is 18.4 Å². The standard InChI is InChI=1S/C23H26N8O7S2/c1-30-23(27-28-29-30)40-10-12-9-39-20-17(19(34)31(20)18(12)22(37)38)26-16(33)8-11-2-4-13(5-3-11)25-15(32)7-6-14(24)21(35)36/h2-5,14,17,20H,6-10,24H2,1H3,(H,25,32)(H,26,33)(H,35,36)(H,37,38)/t14-,17-,20-/m1/s1. The first-order valence-electron chi connectivity index (χ1n) is 12.0. The summed E-state index contributed by atoms with van der Waals surface area (Å²) in [6, 6.07) is 4.53. The third-order valence-corrected chi connectivity index (χ3v) is 8.56. The van der Waals surface area contributed by atoms with Crippen LogP contribution in [0, 0.1) is 0 Å². The SMILES string of the molecule is Cn1nnnc1SCC1=C(C(=O)O)N2C(=O)[C@@H](NC(=O)Cc3ccc(NC(=O)CC[C@@H](N)C(=O)O)cc3)[C@H]2SC1. The maximum absolute atomic E-state index is 12.9. The van der Waals surface area contributed by atoms with Crippen LogP contribution in [0.25, 0.3) is 0 Å². The minimum atomic E-state index is -1.22. The number of nitrogens with two attached hydrogens (primary N) is 1. The van der Waals surface area contributed by atoms with E-state index in [1.165, 1.54) is 33.1 Å². The van der Waals surface area contributed by atoms with Crippen molar-refractivity contribution in [3.05, 3.63) is 41.1 Å². The van der Waals surface area contributed by atoms with Crippen LogP contribution in [0.2, 0.25) is 0 Å². The van der Waals surface area contributed by atoms with E-state index in [9.17, 15) is 29.1 Å². The minimum absolute atomic E-state index is 0.000532. The summed E-state index contributed by atoms with van der Waals surface area (Å²) in [6.07, 6.45) is -0.0833. The van der Waals surface area contributed by atoms with Gasteiger partial charge in [-0.1, -0.05) is 23.9 Å². The Bertz CT molecular complexity index is 1360. The Labute approximate surface area is 235 Å². The molecule has 3 heterocycles. The highest BCUT2D eigenvalue weighted by Crippen LogP contribution is 2.41. The van der Waals surface area contributed by atoms with Gasteiger partial charge in [-0.25, -0.2) is 9.48 Å². The van der Waals surface area contributed by atoms with Crippen LogP contribution >= 0.6 is 23.5 Å². The number of aryl methyl sites for hydroxylation is 1. The normalized spacial score (nSPS) is 18.9. The summed E-state index contributed by atoms with van der Waals surface area (Å²) in [5.41, 5.74) is 6.99. The van der Waals surface area contributed by atoms with Crippen LogP contribution < -0.4 is 16.4 Å². The number of amides is 3. The highest BCUT2D eigenvalue weighted by Gasteiger charge is 2.54. The van der Waals surface area contributed by atoms with Gasteiger partial charge in [0, 0.05) is 30.7 Å². The minimum Gasteiger partial charge on any atom is -0.480 e. The van der Waals surface area contributed by atoms with E-state index in [-0.39, 0.29) is 30.9 Å². The van der Waals surface area contributed by atoms with Crippen LogP contribution in [-0.4, -0.2) is 93.9 Å². The largest absolute Gasteiger partial charge is 0.480 e. The zero-order chi connectivity index (χ0) is 29.0. The average Bonchev–Trinajstić information content (AvgIpc) is 3.33. The van der Waals surface area contributed by atoms with E-state index in [0.29, 0.717) is 33.5 Å². The van der Waals surface area contributed by atoms with Gasteiger partial charge in [0.05, 0.1) is 6.42 Å². The van der Waals surface area contributed by atoms with E-state index in [0.717, 1.165) is 0 Å². The second-order valence-corrected chi connectivity index (χ2v) is 11.0. The number of carboxylic acids is 2. The highest BCUT2D eigenvalue weighted by atomic mass is 32.2. The predicted molar refractivity (Wildman–Crippen MR) is 143 cm³/mol. The monoisotopic (exact) mass is 590 g/mol. The fourth-order valence-corrected chi connectivity index (χ4v) is 6.37. The summed E-state index contributed by atoms with van der Waals surface area (Å²) in [6.45, 7) is 0. The Balaban J connectivity index is 1.30. The van der Waals surface area contributed by atoms with Crippen molar-refractivity contribution in [2.24, 2.45) is 12.8 Å². The van der Waals surface area contributed by atoms with Crippen molar-refractivity contribution >= 4 is 58.9 Å². The van der Waals surface area contributed by atoms with Gasteiger partial charge in [0.15, 0.2) is 0 Å². The molecule has 17 heteroatoms. The van der Waals surface area contributed by atoms with Crippen LogP contribution in [0.4, 0.5) is 5.69 Å².